The number of fused-ring (bicyclic) bond motifs is 1. The molecule has 0 bridgehead atoms. The van der Waals surface area contributed by atoms with Crippen molar-refractivity contribution < 1.29 is 19.1 Å². The highest BCUT2D eigenvalue weighted by Gasteiger charge is 2.37. The maximum absolute atomic E-state index is 12.2. The van der Waals surface area contributed by atoms with Crippen LogP contribution in [0.3, 0.4) is 0 Å². The summed E-state index contributed by atoms with van der Waals surface area (Å²) in [6, 6.07) is 7.99. The number of aromatic nitrogens is 3. The Bertz CT molecular complexity index is 1250. The van der Waals surface area contributed by atoms with Gasteiger partial charge in [-0.2, -0.15) is 10.4 Å². The van der Waals surface area contributed by atoms with Gasteiger partial charge in [0.05, 0.1) is 42.6 Å². The number of hydrogen-bond donors (Lipinski definition) is 0. The first kappa shape index (κ1) is 24.2. The second kappa shape index (κ2) is 10.1. The van der Waals surface area contributed by atoms with Crippen LogP contribution in [0.1, 0.15) is 45.6 Å². The standard InChI is InChI=1S/C26H29N5O4/c1-4-34-21-11-22(25-20(13-27)15-29-31(25)16-21)19-5-6-23(28-14-19)30-9-7-26(17-32,8-10-30)12-24(33)35-18(2)3/h5-6,11,14-18H,4,7-10,12H2,1-3H3. The minimum atomic E-state index is -0.691. The maximum Gasteiger partial charge on any atom is 0.307 e. The number of nitriles is 1. The van der Waals surface area contributed by atoms with Crippen molar-refractivity contribution in [3.8, 4) is 22.9 Å². The number of aldehydes is 1. The fourth-order valence-electron chi connectivity index (χ4n) is 4.49. The number of rotatable bonds is 8. The van der Waals surface area contributed by atoms with E-state index in [0.717, 1.165) is 23.2 Å². The van der Waals surface area contributed by atoms with E-state index in [2.05, 4.69) is 21.1 Å². The molecule has 9 nitrogen and oxygen atoms in total. The summed E-state index contributed by atoms with van der Waals surface area (Å²) in [6.07, 6.45) is 7.02. The van der Waals surface area contributed by atoms with E-state index in [1.807, 2.05) is 25.1 Å². The van der Waals surface area contributed by atoms with E-state index in [4.69, 9.17) is 9.47 Å². The van der Waals surface area contributed by atoms with E-state index in [0.29, 0.717) is 49.4 Å². The highest BCUT2D eigenvalue weighted by Crippen LogP contribution is 2.36. The molecule has 4 heterocycles. The third-order valence-corrected chi connectivity index (χ3v) is 6.27. The van der Waals surface area contributed by atoms with Gasteiger partial charge >= 0.3 is 5.97 Å². The third-order valence-electron chi connectivity index (χ3n) is 6.27. The molecular formula is C26H29N5O4. The van der Waals surface area contributed by atoms with Crippen LogP contribution in [0.25, 0.3) is 16.6 Å². The average molecular weight is 476 g/mol. The lowest BCUT2D eigenvalue weighted by Gasteiger charge is -2.38. The average Bonchev–Trinajstić information content (AvgIpc) is 3.27. The van der Waals surface area contributed by atoms with Crippen molar-refractivity contribution in [3.63, 3.8) is 0 Å². The van der Waals surface area contributed by atoms with E-state index in [-0.39, 0.29) is 18.5 Å². The van der Waals surface area contributed by atoms with Crippen molar-refractivity contribution in [2.24, 2.45) is 5.41 Å². The number of piperidine rings is 1. The zero-order chi connectivity index (χ0) is 25.0. The number of hydrogen-bond acceptors (Lipinski definition) is 8. The van der Waals surface area contributed by atoms with Gasteiger partial charge in [-0.1, -0.05) is 0 Å². The normalized spacial score (nSPS) is 15.1. The summed E-state index contributed by atoms with van der Waals surface area (Å²) in [4.78, 5) is 30.8. The molecule has 0 N–H and O–H groups in total. The highest BCUT2D eigenvalue weighted by atomic mass is 16.5. The summed E-state index contributed by atoms with van der Waals surface area (Å²) in [6.45, 7) is 7.26. The van der Waals surface area contributed by atoms with Crippen LogP contribution >= 0.6 is 0 Å². The van der Waals surface area contributed by atoms with E-state index < -0.39 is 5.41 Å². The molecule has 3 aromatic heterocycles. The van der Waals surface area contributed by atoms with Crippen LogP contribution in [0.15, 0.2) is 36.8 Å². The minimum Gasteiger partial charge on any atom is -0.492 e. The quantitative estimate of drug-likeness (QED) is 0.357. The Morgan fingerprint density at radius 3 is 2.66 bits per heavy atom. The second-order valence-corrected chi connectivity index (χ2v) is 9.07. The predicted octanol–water partition coefficient (Wildman–Crippen LogP) is 3.79. The number of carbonyl (C=O) groups is 2. The molecule has 0 aliphatic carbocycles. The van der Waals surface area contributed by atoms with Crippen molar-refractivity contribution >= 4 is 23.6 Å². The number of anilines is 1. The molecule has 1 fully saturated rings. The Kier molecular flexibility index (Phi) is 7.01. The van der Waals surface area contributed by atoms with Crippen molar-refractivity contribution in [1.82, 2.24) is 14.6 Å². The minimum absolute atomic E-state index is 0.105. The van der Waals surface area contributed by atoms with Gasteiger partial charge in [-0.15, -0.1) is 0 Å². The van der Waals surface area contributed by atoms with Crippen LogP contribution in [-0.4, -0.2) is 52.7 Å². The summed E-state index contributed by atoms with van der Waals surface area (Å²) in [5, 5.41) is 13.8. The Hall–Kier alpha value is -3.93. The molecule has 4 rings (SSSR count). The Morgan fingerprint density at radius 2 is 2.06 bits per heavy atom. The van der Waals surface area contributed by atoms with Crippen LogP contribution in [0, 0.1) is 16.7 Å². The molecule has 0 unspecified atom stereocenters. The number of ether oxygens (including phenoxy) is 2. The molecule has 0 spiro atoms. The molecule has 0 amide bonds. The summed E-state index contributed by atoms with van der Waals surface area (Å²) in [5.74, 6) is 1.12. The topological polar surface area (TPSA) is 110 Å². The SMILES string of the molecule is CCOc1cc(-c2ccc(N3CCC(C=O)(CC(=O)OC(C)C)CC3)nc2)c2c(C#N)cnn2c1. The van der Waals surface area contributed by atoms with Gasteiger partial charge in [0.25, 0.3) is 0 Å². The van der Waals surface area contributed by atoms with E-state index in [1.54, 1.807) is 37.0 Å². The predicted molar refractivity (Wildman–Crippen MR) is 130 cm³/mol. The summed E-state index contributed by atoms with van der Waals surface area (Å²) >= 11 is 0. The number of esters is 1. The molecule has 1 aliphatic rings. The number of nitrogens with zero attached hydrogens (tertiary/aromatic N) is 5. The molecule has 35 heavy (non-hydrogen) atoms. The van der Waals surface area contributed by atoms with Crippen molar-refractivity contribution in [2.75, 3.05) is 24.6 Å². The number of carbonyl (C=O) groups excluding carboxylic acids is 2. The van der Waals surface area contributed by atoms with Gasteiger partial charge in [0.2, 0.25) is 0 Å². The molecule has 1 aliphatic heterocycles. The Morgan fingerprint density at radius 1 is 1.29 bits per heavy atom. The fraction of sp³-hybridized carbons (Fsp3) is 0.423. The molecule has 0 saturated carbocycles. The molecule has 182 valence electrons. The van der Waals surface area contributed by atoms with Gasteiger partial charge in [0, 0.05) is 35.8 Å². The van der Waals surface area contributed by atoms with Gasteiger partial charge in [0.15, 0.2) is 0 Å². The van der Waals surface area contributed by atoms with Crippen molar-refractivity contribution in [1.29, 1.82) is 5.26 Å². The molecule has 9 heteroatoms. The largest absolute Gasteiger partial charge is 0.492 e. The Labute approximate surface area is 204 Å². The van der Waals surface area contributed by atoms with E-state index in [1.165, 1.54) is 0 Å². The smallest absolute Gasteiger partial charge is 0.307 e. The van der Waals surface area contributed by atoms with Gasteiger partial charge in [0.1, 0.15) is 23.9 Å². The van der Waals surface area contributed by atoms with Gasteiger partial charge < -0.3 is 19.2 Å². The van der Waals surface area contributed by atoms with Crippen molar-refractivity contribution in [3.05, 3.63) is 42.4 Å². The Balaban J connectivity index is 1.53. The van der Waals surface area contributed by atoms with E-state index >= 15 is 0 Å². The zero-order valence-electron chi connectivity index (χ0n) is 20.2. The van der Waals surface area contributed by atoms with Crippen LogP contribution in [0.5, 0.6) is 5.75 Å². The first-order valence-corrected chi connectivity index (χ1v) is 11.8. The maximum atomic E-state index is 12.2. The van der Waals surface area contributed by atoms with Crippen LogP contribution in [0.4, 0.5) is 5.82 Å². The van der Waals surface area contributed by atoms with Crippen LogP contribution < -0.4 is 9.64 Å². The van der Waals surface area contributed by atoms with Crippen LogP contribution in [0.2, 0.25) is 0 Å². The summed E-state index contributed by atoms with van der Waals surface area (Å²) in [5.41, 5.74) is 2.14. The first-order valence-electron chi connectivity index (χ1n) is 11.8. The molecule has 1 saturated heterocycles. The number of pyridine rings is 2. The molecule has 0 atom stereocenters. The highest BCUT2D eigenvalue weighted by molar-refractivity contribution is 5.85. The summed E-state index contributed by atoms with van der Waals surface area (Å²) < 4.78 is 12.6. The lowest BCUT2D eigenvalue weighted by molar-refractivity contribution is -0.152. The second-order valence-electron chi connectivity index (χ2n) is 9.07. The monoisotopic (exact) mass is 475 g/mol. The first-order chi connectivity index (χ1) is 16.9. The lowest BCUT2D eigenvalue weighted by Crippen LogP contribution is -2.42. The van der Waals surface area contributed by atoms with Gasteiger partial charge in [-0.25, -0.2) is 9.50 Å². The summed E-state index contributed by atoms with van der Waals surface area (Å²) in [7, 11) is 0. The molecular weight excluding hydrogens is 446 g/mol. The van der Waals surface area contributed by atoms with Gasteiger partial charge in [-0.05, 0) is 51.8 Å². The van der Waals surface area contributed by atoms with Crippen molar-refractivity contribution in [2.45, 2.75) is 46.1 Å². The van der Waals surface area contributed by atoms with E-state index in [9.17, 15) is 14.9 Å². The van der Waals surface area contributed by atoms with Crippen LogP contribution in [-0.2, 0) is 14.3 Å². The zero-order valence-corrected chi connectivity index (χ0v) is 20.2. The fourth-order valence-corrected chi connectivity index (χ4v) is 4.49. The lowest BCUT2D eigenvalue weighted by atomic mass is 9.77. The third kappa shape index (κ3) is 5.11. The molecule has 0 aromatic carbocycles. The van der Waals surface area contributed by atoms with Gasteiger partial charge in [-0.3, -0.25) is 4.79 Å². The molecule has 0 radical (unpaired) electrons. The molecule has 3 aromatic rings.